The summed E-state index contributed by atoms with van der Waals surface area (Å²) in [6.07, 6.45) is 2.02. The SMILES string of the molecule is OC(CNCC1CCCS1)COc1ccc(F)cc1. The van der Waals surface area contributed by atoms with Crippen molar-refractivity contribution in [2.75, 3.05) is 25.4 Å². The molecule has 5 heteroatoms. The van der Waals surface area contributed by atoms with Gasteiger partial charge in [0.25, 0.3) is 0 Å². The lowest BCUT2D eigenvalue weighted by atomic mass is 10.2. The lowest BCUT2D eigenvalue weighted by Gasteiger charge is -2.15. The van der Waals surface area contributed by atoms with E-state index in [9.17, 15) is 9.50 Å². The van der Waals surface area contributed by atoms with Gasteiger partial charge in [-0.1, -0.05) is 0 Å². The van der Waals surface area contributed by atoms with E-state index in [2.05, 4.69) is 5.32 Å². The van der Waals surface area contributed by atoms with Crippen LogP contribution < -0.4 is 10.1 Å². The van der Waals surface area contributed by atoms with Gasteiger partial charge in [-0.25, -0.2) is 4.39 Å². The molecule has 0 amide bonds. The molecule has 2 rings (SSSR count). The van der Waals surface area contributed by atoms with Crippen molar-refractivity contribution < 1.29 is 14.2 Å². The Labute approximate surface area is 117 Å². The molecule has 106 valence electrons. The Bertz CT molecular complexity index is 368. The zero-order chi connectivity index (χ0) is 13.5. The van der Waals surface area contributed by atoms with Gasteiger partial charge in [0.2, 0.25) is 0 Å². The van der Waals surface area contributed by atoms with E-state index in [1.807, 2.05) is 11.8 Å². The number of halogens is 1. The summed E-state index contributed by atoms with van der Waals surface area (Å²) < 4.78 is 18.1. The Kier molecular flexibility index (Phi) is 5.94. The Morgan fingerprint density at radius 1 is 1.42 bits per heavy atom. The number of hydrogen-bond donors (Lipinski definition) is 2. The molecule has 1 aliphatic rings. The maximum absolute atomic E-state index is 12.7. The van der Waals surface area contributed by atoms with Crippen molar-refractivity contribution in [3.63, 3.8) is 0 Å². The van der Waals surface area contributed by atoms with Crippen molar-refractivity contribution in [3.8, 4) is 5.75 Å². The highest BCUT2D eigenvalue weighted by Crippen LogP contribution is 2.25. The molecule has 0 bridgehead atoms. The first-order valence-electron chi connectivity index (χ1n) is 6.63. The topological polar surface area (TPSA) is 41.5 Å². The molecule has 1 fully saturated rings. The number of aliphatic hydroxyl groups excluding tert-OH is 1. The highest BCUT2D eigenvalue weighted by molar-refractivity contribution is 8.00. The van der Waals surface area contributed by atoms with Gasteiger partial charge in [-0.05, 0) is 42.9 Å². The van der Waals surface area contributed by atoms with E-state index in [-0.39, 0.29) is 12.4 Å². The third-order valence-corrected chi connectivity index (χ3v) is 4.43. The first-order valence-corrected chi connectivity index (χ1v) is 7.67. The average Bonchev–Trinajstić information content (AvgIpc) is 2.91. The number of rotatable bonds is 7. The summed E-state index contributed by atoms with van der Waals surface area (Å²) in [6, 6.07) is 5.81. The van der Waals surface area contributed by atoms with Crippen LogP contribution in [0.1, 0.15) is 12.8 Å². The molecule has 1 aromatic carbocycles. The highest BCUT2D eigenvalue weighted by atomic mass is 32.2. The number of nitrogens with one attached hydrogen (secondary N) is 1. The number of hydrogen-bond acceptors (Lipinski definition) is 4. The fraction of sp³-hybridized carbons (Fsp3) is 0.571. The molecular formula is C14H20FNO2S. The molecule has 2 unspecified atom stereocenters. The van der Waals surface area contributed by atoms with Gasteiger partial charge in [-0.15, -0.1) is 0 Å². The van der Waals surface area contributed by atoms with Gasteiger partial charge >= 0.3 is 0 Å². The number of ether oxygens (including phenoxy) is 1. The second kappa shape index (κ2) is 7.72. The molecule has 0 aromatic heterocycles. The molecule has 1 aromatic rings. The van der Waals surface area contributed by atoms with Gasteiger partial charge < -0.3 is 15.2 Å². The maximum atomic E-state index is 12.7. The van der Waals surface area contributed by atoms with Gasteiger partial charge in [-0.3, -0.25) is 0 Å². The van der Waals surface area contributed by atoms with Crippen LogP contribution in [0.3, 0.4) is 0 Å². The predicted octanol–water partition coefficient (Wildman–Crippen LogP) is 2.05. The van der Waals surface area contributed by atoms with Crippen LogP contribution >= 0.6 is 11.8 Å². The van der Waals surface area contributed by atoms with Crippen molar-refractivity contribution in [2.24, 2.45) is 0 Å². The normalized spacial score (nSPS) is 20.4. The van der Waals surface area contributed by atoms with Crippen molar-refractivity contribution in [3.05, 3.63) is 30.1 Å². The minimum absolute atomic E-state index is 0.219. The summed E-state index contributed by atoms with van der Waals surface area (Å²) in [7, 11) is 0. The summed E-state index contributed by atoms with van der Waals surface area (Å²) in [6.45, 7) is 1.69. The first kappa shape index (κ1) is 14.6. The molecule has 3 nitrogen and oxygen atoms in total. The lowest BCUT2D eigenvalue weighted by Crippen LogP contribution is -2.34. The quantitative estimate of drug-likeness (QED) is 0.804. The van der Waals surface area contributed by atoms with Crippen molar-refractivity contribution >= 4 is 11.8 Å². The summed E-state index contributed by atoms with van der Waals surface area (Å²) in [5.41, 5.74) is 0. The number of thioether (sulfide) groups is 1. The fourth-order valence-electron chi connectivity index (χ4n) is 2.00. The lowest BCUT2D eigenvalue weighted by molar-refractivity contribution is 0.106. The van der Waals surface area contributed by atoms with Crippen LogP contribution in [0.2, 0.25) is 0 Å². The number of aliphatic hydroxyl groups is 1. The van der Waals surface area contributed by atoms with Gasteiger partial charge in [0.05, 0.1) is 0 Å². The van der Waals surface area contributed by atoms with E-state index in [1.165, 1.54) is 30.7 Å². The third kappa shape index (κ3) is 5.38. The first-order chi connectivity index (χ1) is 9.24. The molecule has 2 N–H and O–H groups in total. The summed E-state index contributed by atoms with van der Waals surface area (Å²) >= 11 is 1.99. The molecular weight excluding hydrogens is 265 g/mol. The van der Waals surface area contributed by atoms with Crippen LogP contribution in [0, 0.1) is 5.82 Å². The van der Waals surface area contributed by atoms with Crippen LogP contribution in [0.25, 0.3) is 0 Å². The molecule has 1 heterocycles. The van der Waals surface area contributed by atoms with E-state index >= 15 is 0 Å². The number of benzene rings is 1. The summed E-state index contributed by atoms with van der Waals surface area (Å²) in [5.74, 6) is 1.54. The van der Waals surface area contributed by atoms with Crippen LogP contribution in [0.5, 0.6) is 5.75 Å². The molecule has 0 spiro atoms. The molecule has 1 aliphatic heterocycles. The van der Waals surface area contributed by atoms with Crippen LogP contribution in [-0.4, -0.2) is 41.9 Å². The van der Waals surface area contributed by atoms with E-state index < -0.39 is 6.10 Å². The average molecular weight is 285 g/mol. The Morgan fingerprint density at radius 3 is 2.89 bits per heavy atom. The second-order valence-electron chi connectivity index (χ2n) is 4.71. The van der Waals surface area contributed by atoms with Crippen molar-refractivity contribution in [2.45, 2.75) is 24.2 Å². The monoisotopic (exact) mass is 285 g/mol. The van der Waals surface area contributed by atoms with Crippen LogP contribution in [0.4, 0.5) is 4.39 Å². The van der Waals surface area contributed by atoms with E-state index in [0.717, 1.165) is 6.54 Å². The second-order valence-corrected chi connectivity index (χ2v) is 6.12. The standard InChI is InChI=1S/C14H20FNO2S/c15-11-3-5-13(6-4-11)18-10-12(17)8-16-9-14-2-1-7-19-14/h3-6,12,14,16-17H,1-2,7-10H2. The Balaban J connectivity index is 1.58. The van der Waals surface area contributed by atoms with Gasteiger partial charge in [0, 0.05) is 18.3 Å². The molecule has 0 aliphatic carbocycles. The maximum Gasteiger partial charge on any atom is 0.123 e. The minimum atomic E-state index is -0.545. The molecule has 2 atom stereocenters. The minimum Gasteiger partial charge on any atom is -0.491 e. The van der Waals surface area contributed by atoms with Crippen LogP contribution in [0.15, 0.2) is 24.3 Å². The van der Waals surface area contributed by atoms with E-state index in [1.54, 1.807) is 12.1 Å². The molecule has 19 heavy (non-hydrogen) atoms. The fourth-order valence-corrected chi connectivity index (χ4v) is 3.23. The van der Waals surface area contributed by atoms with Crippen LogP contribution in [-0.2, 0) is 0 Å². The van der Waals surface area contributed by atoms with Crippen molar-refractivity contribution in [1.82, 2.24) is 5.32 Å². The molecule has 1 saturated heterocycles. The smallest absolute Gasteiger partial charge is 0.123 e. The Hall–Kier alpha value is -0.780. The van der Waals surface area contributed by atoms with Crippen molar-refractivity contribution in [1.29, 1.82) is 0 Å². The third-order valence-electron chi connectivity index (χ3n) is 3.03. The van der Waals surface area contributed by atoms with E-state index in [4.69, 9.17) is 4.74 Å². The molecule has 0 radical (unpaired) electrons. The highest BCUT2D eigenvalue weighted by Gasteiger charge is 2.15. The van der Waals surface area contributed by atoms with E-state index in [0.29, 0.717) is 17.5 Å². The molecule has 0 saturated carbocycles. The zero-order valence-electron chi connectivity index (χ0n) is 10.8. The predicted molar refractivity (Wildman–Crippen MR) is 76.3 cm³/mol. The summed E-state index contributed by atoms with van der Waals surface area (Å²) in [5, 5.41) is 13.7. The van der Waals surface area contributed by atoms with Gasteiger partial charge in [0.15, 0.2) is 0 Å². The summed E-state index contributed by atoms with van der Waals surface area (Å²) in [4.78, 5) is 0. The largest absolute Gasteiger partial charge is 0.491 e. The van der Waals surface area contributed by atoms with Gasteiger partial charge in [0.1, 0.15) is 24.3 Å². The zero-order valence-corrected chi connectivity index (χ0v) is 11.7. The Morgan fingerprint density at radius 2 is 2.21 bits per heavy atom. The van der Waals surface area contributed by atoms with Gasteiger partial charge in [-0.2, -0.15) is 11.8 Å².